The van der Waals surface area contributed by atoms with Gasteiger partial charge >= 0.3 is 12.2 Å². The third-order valence-electron chi connectivity index (χ3n) is 2.47. The van der Waals surface area contributed by atoms with Crippen LogP contribution in [0.25, 0.3) is 0 Å². The first-order chi connectivity index (χ1) is 10.2. The molecule has 0 spiro atoms. The normalized spacial score (nSPS) is 10.5. The van der Waals surface area contributed by atoms with Crippen molar-refractivity contribution >= 4 is 18.6 Å². The Labute approximate surface area is 129 Å². The van der Waals surface area contributed by atoms with E-state index in [4.69, 9.17) is 9.47 Å². The Bertz CT molecular complexity index is 524. The highest BCUT2D eigenvalue weighted by molar-refractivity contribution is 5.83. The van der Waals surface area contributed by atoms with Crippen LogP contribution in [-0.2, 0) is 20.9 Å². The number of nitrogens with zero attached hydrogens (tertiary/aromatic N) is 2. The fraction of sp³-hybridized carbons (Fsp3) is 0.400. The molecule has 7 nitrogen and oxygen atoms in total. The zero-order valence-electron chi connectivity index (χ0n) is 13.1. The summed E-state index contributed by atoms with van der Waals surface area (Å²) in [5, 5.41) is 1.27. The first-order valence-electron chi connectivity index (χ1n) is 6.66. The lowest BCUT2D eigenvalue weighted by molar-refractivity contribution is -0.128. The van der Waals surface area contributed by atoms with Gasteiger partial charge in [0.1, 0.15) is 12.2 Å². The van der Waals surface area contributed by atoms with Gasteiger partial charge in [-0.15, -0.1) is 5.01 Å². The predicted molar refractivity (Wildman–Crippen MR) is 78.5 cm³/mol. The molecule has 0 unspecified atom stereocenters. The lowest BCUT2D eigenvalue weighted by Gasteiger charge is -2.28. The maximum atomic E-state index is 11.9. The highest BCUT2D eigenvalue weighted by Gasteiger charge is 2.28. The Hall–Kier alpha value is -2.57. The molecular formula is C15H20N2O5. The van der Waals surface area contributed by atoms with Crippen molar-refractivity contribution in [2.75, 3.05) is 7.05 Å². The van der Waals surface area contributed by atoms with Crippen LogP contribution in [0.4, 0.5) is 9.59 Å². The third kappa shape index (κ3) is 5.43. The highest BCUT2D eigenvalue weighted by Crippen LogP contribution is 2.11. The van der Waals surface area contributed by atoms with Gasteiger partial charge in [0.25, 0.3) is 0 Å². The molecule has 0 atom stereocenters. The summed E-state index contributed by atoms with van der Waals surface area (Å²) in [6, 6.07) is 8.98. The van der Waals surface area contributed by atoms with Crippen LogP contribution >= 0.6 is 0 Å². The Morgan fingerprint density at radius 2 is 1.73 bits per heavy atom. The molecule has 0 aromatic heterocycles. The monoisotopic (exact) mass is 308 g/mol. The predicted octanol–water partition coefficient (Wildman–Crippen LogP) is 2.56. The summed E-state index contributed by atoms with van der Waals surface area (Å²) < 4.78 is 10.1. The minimum absolute atomic E-state index is 0.00777. The Morgan fingerprint density at radius 1 is 1.14 bits per heavy atom. The topological polar surface area (TPSA) is 76.2 Å². The van der Waals surface area contributed by atoms with E-state index in [2.05, 4.69) is 0 Å². The quantitative estimate of drug-likeness (QED) is 0.633. The van der Waals surface area contributed by atoms with Gasteiger partial charge in [-0.1, -0.05) is 30.3 Å². The van der Waals surface area contributed by atoms with Crippen molar-refractivity contribution in [3.05, 3.63) is 35.9 Å². The summed E-state index contributed by atoms with van der Waals surface area (Å²) in [4.78, 5) is 34.8. The first-order valence-corrected chi connectivity index (χ1v) is 6.66. The molecule has 3 amide bonds. The fourth-order valence-electron chi connectivity index (χ4n) is 1.44. The van der Waals surface area contributed by atoms with Crippen LogP contribution in [-0.4, -0.2) is 41.3 Å². The number of rotatable bonds is 3. The van der Waals surface area contributed by atoms with Crippen LogP contribution in [0.15, 0.2) is 30.3 Å². The van der Waals surface area contributed by atoms with Gasteiger partial charge < -0.3 is 9.47 Å². The van der Waals surface area contributed by atoms with Crippen LogP contribution in [0.5, 0.6) is 0 Å². The average Bonchev–Trinajstić information content (AvgIpc) is 2.45. The van der Waals surface area contributed by atoms with Gasteiger partial charge in [0.15, 0.2) is 0 Å². The molecule has 0 aliphatic carbocycles. The molecule has 1 rings (SSSR count). The van der Waals surface area contributed by atoms with Crippen LogP contribution < -0.4 is 0 Å². The van der Waals surface area contributed by atoms with Gasteiger partial charge in [0, 0.05) is 7.05 Å². The maximum absolute atomic E-state index is 11.9. The van der Waals surface area contributed by atoms with E-state index in [1.807, 2.05) is 6.07 Å². The van der Waals surface area contributed by atoms with E-state index in [0.29, 0.717) is 5.01 Å². The highest BCUT2D eigenvalue weighted by atomic mass is 16.6. The standard InChI is InChI=1S/C15H20N2O5/c1-15(2,3)22-13(19)16(4)17(11-18)14(20)21-10-12-8-6-5-7-9-12/h5-9,11H,10H2,1-4H3. The second-order valence-corrected chi connectivity index (χ2v) is 5.49. The lowest BCUT2D eigenvalue weighted by Crippen LogP contribution is -2.48. The van der Waals surface area contributed by atoms with Gasteiger partial charge in [0.2, 0.25) is 6.41 Å². The zero-order chi connectivity index (χ0) is 16.8. The van der Waals surface area contributed by atoms with E-state index in [9.17, 15) is 14.4 Å². The second kappa shape index (κ2) is 7.44. The molecule has 0 radical (unpaired) electrons. The van der Waals surface area contributed by atoms with E-state index < -0.39 is 17.8 Å². The summed E-state index contributed by atoms with van der Waals surface area (Å²) >= 11 is 0. The molecule has 7 heteroatoms. The smallest absolute Gasteiger partial charge is 0.436 e. The second-order valence-electron chi connectivity index (χ2n) is 5.49. The lowest BCUT2D eigenvalue weighted by atomic mass is 10.2. The Kier molecular flexibility index (Phi) is 5.91. The number of hydrazine groups is 1. The van der Waals surface area contributed by atoms with Gasteiger partial charge in [-0.2, -0.15) is 0 Å². The van der Waals surface area contributed by atoms with Crippen LogP contribution in [0.1, 0.15) is 26.3 Å². The number of carbonyl (C=O) groups excluding carboxylic acids is 3. The van der Waals surface area contributed by atoms with Crippen LogP contribution in [0.3, 0.4) is 0 Å². The SMILES string of the molecule is CN(C(=O)OC(C)(C)C)N(C=O)C(=O)OCc1ccccc1. The van der Waals surface area contributed by atoms with Gasteiger partial charge in [-0.3, -0.25) is 4.79 Å². The van der Waals surface area contributed by atoms with Crippen molar-refractivity contribution in [2.24, 2.45) is 0 Å². The van der Waals surface area contributed by atoms with Gasteiger partial charge in [-0.05, 0) is 26.3 Å². The van der Waals surface area contributed by atoms with E-state index in [1.165, 1.54) is 7.05 Å². The number of carbonyl (C=O) groups is 3. The summed E-state index contributed by atoms with van der Waals surface area (Å²) in [5.74, 6) is 0. The van der Waals surface area contributed by atoms with Crippen molar-refractivity contribution < 1.29 is 23.9 Å². The third-order valence-corrected chi connectivity index (χ3v) is 2.47. The van der Waals surface area contributed by atoms with Crippen molar-refractivity contribution in [2.45, 2.75) is 33.0 Å². The number of hydrogen-bond donors (Lipinski definition) is 0. The summed E-state index contributed by atoms with van der Waals surface area (Å²) in [6.07, 6.45) is -1.61. The fourth-order valence-corrected chi connectivity index (χ4v) is 1.44. The molecule has 120 valence electrons. The minimum atomic E-state index is -0.966. The van der Waals surface area contributed by atoms with E-state index in [1.54, 1.807) is 45.0 Å². The molecule has 0 fully saturated rings. The summed E-state index contributed by atoms with van der Waals surface area (Å²) in [5.41, 5.74) is 0.0232. The van der Waals surface area contributed by atoms with Crippen molar-refractivity contribution in [1.82, 2.24) is 10.0 Å². The van der Waals surface area contributed by atoms with E-state index >= 15 is 0 Å². The number of imide groups is 1. The molecule has 22 heavy (non-hydrogen) atoms. The molecule has 1 aromatic carbocycles. The Balaban J connectivity index is 2.63. The number of ether oxygens (including phenoxy) is 2. The molecule has 0 bridgehead atoms. The molecular weight excluding hydrogens is 288 g/mol. The minimum Gasteiger partial charge on any atom is -0.443 e. The number of benzene rings is 1. The van der Waals surface area contributed by atoms with Crippen LogP contribution in [0.2, 0.25) is 0 Å². The van der Waals surface area contributed by atoms with Crippen LogP contribution in [0, 0.1) is 0 Å². The zero-order valence-corrected chi connectivity index (χ0v) is 13.1. The first kappa shape index (κ1) is 17.5. The summed E-state index contributed by atoms with van der Waals surface area (Å²) in [6.45, 7) is 5.03. The van der Waals surface area contributed by atoms with Gasteiger partial charge in [0.05, 0.1) is 0 Å². The van der Waals surface area contributed by atoms with Gasteiger partial charge in [-0.25, -0.2) is 14.6 Å². The van der Waals surface area contributed by atoms with Crippen molar-refractivity contribution in [1.29, 1.82) is 0 Å². The average molecular weight is 308 g/mol. The summed E-state index contributed by atoms with van der Waals surface area (Å²) in [7, 11) is 1.24. The molecule has 0 heterocycles. The molecule has 0 N–H and O–H groups in total. The van der Waals surface area contributed by atoms with E-state index in [0.717, 1.165) is 10.6 Å². The van der Waals surface area contributed by atoms with Crippen molar-refractivity contribution in [3.63, 3.8) is 0 Å². The number of amides is 3. The van der Waals surface area contributed by atoms with E-state index in [-0.39, 0.29) is 13.0 Å². The molecule has 0 saturated heterocycles. The maximum Gasteiger partial charge on any atom is 0.436 e. The molecule has 0 aliphatic heterocycles. The largest absolute Gasteiger partial charge is 0.443 e. The molecule has 0 saturated carbocycles. The molecule has 1 aromatic rings. The number of hydrogen-bond acceptors (Lipinski definition) is 5. The molecule has 0 aliphatic rings. The van der Waals surface area contributed by atoms with Crippen molar-refractivity contribution in [3.8, 4) is 0 Å². The Morgan fingerprint density at radius 3 is 2.23 bits per heavy atom.